The molecular formula is C21H36N8O. The molecule has 0 spiro atoms. The number of hydrogen-bond donors (Lipinski definition) is 4. The third kappa shape index (κ3) is 10.7. The second kappa shape index (κ2) is 13.4. The lowest BCUT2D eigenvalue weighted by Crippen LogP contribution is -2.17. The van der Waals surface area contributed by atoms with Gasteiger partial charge in [-0.15, -0.1) is 0 Å². The van der Waals surface area contributed by atoms with Crippen LogP contribution < -0.4 is 15.4 Å². The van der Waals surface area contributed by atoms with Gasteiger partial charge in [-0.1, -0.05) is 6.07 Å². The van der Waals surface area contributed by atoms with Crippen molar-refractivity contribution < 1.29 is 4.74 Å². The third-order valence-electron chi connectivity index (χ3n) is 3.79. The van der Waals surface area contributed by atoms with E-state index in [2.05, 4.69) is 26.9 Å². The van der Waals surface area contributed by atoms with Crippen LogP contribution in [0.5, 0.6) is 5.75 Å². The van der Waals surface area contributed by atoms with Crippen LogP contribution in [-0.4, -0.2) is 57.2 Å². The van der Waals surface area contributed by atoms with E-state index in [0.717, 1.165) is 16.9 Å². The largest absolute Gasteiger partial charge is 0.491 e. The SMILES string of the molecule is CC(C)Oc1cc(CN/C=C(/CN(C)C)N=N)cc(CN/C=C(/CN(C)C)N=N)c1. The number of benzene rings is 1. The summed E-state index contributed by atoms with van der Waals surface area (Å²) >= 11 is 0. The van der Waals surface area contributed by atoms with E-state index in [0.29, 0.717) is 37.6 Å². The van der Waals surface area contributed by atoms with Gasteiger partial charge < -0.3 is 25.2 Å². The van der Waals surface area contributed by atoms with Crippen LogP contribution in [0, 0.1) is 11.1 Å². The highest BCUT2D eigenvalue weighted by molar-refractivity contribution is 5.35. The average molecular weight is 417 g/mol. The van der Waals surface area contributed by atoms with Gasteiger partial charge in [0.15, 0.2) is 0 Å². The summed E-state index contributed by atoms with van der Waals surface area (Å²) in [4.78, 5) is 3.93. The van der Waals surface area contributed by atoms with E-state index in [1.54, 1.807) is 12.4 Å². The van der Waals surface area contributed by atoms with Crippen molar-refractivity contribution in [1.29, 1.82) is 11.1 Å². The van der Waals surface area contributed by atoms with E-state index in [1.807, 2.05) is 64.0 Å². The predicted molar refractivity (Wildman–Crippen MR) is 119 cm³/mol. The number of ether oxygens (including phenoxy) is 1. The highest BCUT2D eigenvalue weighted by Crippen LogP contribution is 2.19. The van der Waals surface area contributed by atoms with E-state index >= 15 is 0 Å². The molecule has 0 fully saturated rings. The lowest BCUT2D eigenvalue weighted by molar-refractivity contribution is 0.242. The molecule has 166 valence electrons. The van der Waals surface area contributed by atoms with Crippen molar-refractivity contribution in [2.75, 3.05) is 41.3 Å². The van der Waals surface area contributed by atoms with E-state index in [9.17, 15) is 0 Å². The van der Waals surface area contributed by atoms with Crippen LogP contribution in [0.1, 0.15) is 25.0 Å². The van der Waals surface area contributed by atoms with Crippen LogP contribution in [0.15, 0.2) is 52.2 Å². The smallest absolute Gasteiger partial charge is 0.120 e. The molecule has 9 nitrogen and oxygen atoms in total. The Bertz CT molecular complexity index is 686. The molecule has 0 saturated carbocycles. The van der Waals surface area contributed by atoms with Gasteiger partial charge in [-0.2, -0.15) is 10.2 Å². The molecule has 30 heavy (non-hydrogen) atoms. The van der Waals surface area contributed by atoms with Crippen molar-refractivity contribution in [2.45, 2.75) is 33.0 Å². The van der Waals surface area contributed by atoms with Gasteiger partial charge in [0.1, 0.15) is 5.75 Å². The lowest BCUT2D eigenvalue weighted by Gasteiger charge is -2.14. The van der Waals surface area contributed by atoms with Crippen molar-refractivity contribution >= 4 is 0 Å². The molecule has 1 aromatic carbocycles. The van der Waals surface area contributed by atoms with Crippen molar-refractivity contribution in [3.8, 4) is 5.75 Å². The van der Waals surface area contributed by atoms with Crippen molar-refractivity contribution in [3.05, 3.63) is 53.1 Å². The monoisotopic (exact) mass is 416 g/mol. The minimum atomic E-state index is 0.0800. The van der Waals surface area contributed by atoms with Gasteiger partial charge in [0.05, 0.1) is 17.5 Å². The summed E-state index contributed by atoms with van der Waals surface area (Å²) in [5.41, 5.74) is 18.0. The molecule has 0 aliphatic heterocycles. The Labute approximate surface area is 180 Å². The van der Waals surface area contributed by atoms with Gasteiger partial charge >= 0.3 is 0 Å². The van der Waals surface area contributed by atoms with Crippen LogP contribution in [0.4, 0.5) is 0 Å². The molecule has 0 aromatic heterocycles. The van der Waals surface area contributed by atoms with E-state index in [-0.39, 0.29) is 6.10 Å². The predicted octanol–water partition coefficient (Wildman–Crippen LogP) is 3.52. The first-order valence-electron chi connectivity index (χ1n) is 9.92. The summed E-state index contributed by atoms with van der Waals surface area (Å²) in [6, 6.07) is 6.13. The zero-order chi connectivity index (χ0) is 22.5. The molecule has 0 saturated heterocycles. The van der Waals surface area contributed by atoms with Gasteiger partial charge in [0.25, 0.3) is 0 Å². The molecule has 1 aromatic rings. The van der Waals surface area contributed by atoms with Crippen LogP contribution in [-0.2, 0) is 13.1 Å². The van der Waals surface area contributed by atoms with Gasteiger partial charge in [0.2, 0.25) is 0 Å². The number of nitrogens with one attached hydrogen (secondary N) is 4. The van der Waals surface area contributed by atoms with Gasteiger partial charge in [0, 0.05) is 38.6 Å². The zero-order valence-corrected chi connectivity index (χ0v) is 19.0. The second-order valence-corrected chi connectivity index (χ2v) is 7.88. The minimum Gasteiger partial charge on any atom is -0.491 e. The Morgan fingerprint density at radius 1 is 0.900 bits per heavy atom. The van der Waals surface area contributed by atoms with Crippen molar-refractivity contribution in [2.24, 2.45) is 10.2 Å². The Morgan fingerprint density at radius 3 is 1.67 bits per heavy atom. The van der Waals surface area contributed by atoms with Crippen LogP contribution in [0.2, 0.25) is 0 Å². The second-order valence-electron chi connectivity index (χ2n) is 7.88. The van der Waals surface area contributed by atoms with Crippen LogP contribution in [0.3, 0.4) is 0 Å². The molecule has 0 aliphatic carbocycles. The van der Waals surface area contributed by atoms with Crippen molar-refractivity contribution in [3.63, 3.8) is 0 Å². The standard InChI is InChI=1S/C21H36N8O/c1-16(2)30-21-8-17(10-24-12-19(26-22)14-28(3)4)7-18(9-21)11-25-13-20(27-23)15-29(5)6/h7-9,12-13,16,22-25H,10-11,14-15H2,1-6H3/b19-12-,20-13-,26-22?,27-23?. The zero-order valence-electron chi connectivity index (χ0n) is 19.0. The minimum absolute atomic E-state index is 0.0800. The number of nitrogens with zero attached hydrogens (tertiary/aromatic N) is 4. The molecular weight excluding hydrogens is 380 g/mol. The van der Waals surface area contributed by atoms with E-state index in [1.165, 1.54) is 0 Å². The normalized spacial score (nSPS) is 12.4. The molecule has 0 unspecified atom stereocenters. The summed E-state index contributed by atoms with van der Waals surface area (Å²) in [5.74, 6) is 0.812. The Kier molecular flexibility index (Phi) is 11.3. The van der Waals surface area contributed by atoms with E-state index in [4.69, 9.17) is 15.8 Å². The highest BCUT2D eigenvalue weighted by Gasteiger charge is 2.05. The maximum absolute atomic E-state index is 7.28. The molecule has 0 bridgehead atoms. The van der Waals surface area contributed by atoms with Gasteiger partial charge in [-0.3, -0.25) is 0 Å². The molecule has 9 heteroatoms. The summed E-state index contributed by atoms with van der Waals surface area (Å²) in [7, 11) is 7.77. The Morgan fingerprint density at radius 2 is 1.33 bits per heavy atom. The first-order chi connectivity index (χ1) is 14.2. The van der Waals surface area contributed by atoms with Crippen LogP contribution in [0.25, 0.3) is 0 Å². The maximum Gasteiger partial charge on any atom is 0.120 e. The molecule has 0 amide bonds. The molecule has 0 aliphatic rings. The topological polar surface area (TPSA) is 112 Å². The number of hydrogen-bond acceptors (Lipinski definition) is 9. The summed E-state index contributed by atoms with van der Waals surface area (Å²) in [6.45, 7) is 6.40. The van der Waals surface area contributed by atoms with Gasteiger partial charge in [-0.25, -0.2) is 11.1 Å². The lowest BCUT2D eigenvalue weighted by atomic mass is 10.1. The highest BCUT2D eigenvalue weighted by atomic mass is 16.5. The average Bonchev–Trinajstić information content (AvgIpc) is 2.65. The number of likely N-dealkylation sites (N-methyl/N-ethyl adjacent to an activating group) is 2. The fourth-order valence-corrected chi connectivity index (χ4v) is 2.72. The fourth-order valence-electron chi connectivity index (χ4n) is 2.72. The first-order valence-corrected chi connectivity index (χ1v) is 9.92. The number of rotatable bonds is 14. The molecule has 0 heterocycles. The maximum atomic E-state index is 7.28. The summed E-state index contributed by atoms with van der Waals surface area (Å²) in [5, 5.41) is 13.6. The van der Waals surface area contributed by atoms with Crippen molar-refractivity contribution in [1.82, 2.24) is 20.4 Å². The molecule has 4 N–H and O–H groups in total. The summed E-state index contributed by atoms with van der Waals surface area (Å²) in [6.07, 6.45) is 3.62. The first kappa shape index (κ1) is 25.3. The quantitative estimate of drug-likeness (QED) is 0.347. The molecule has 0 atom stereocenters. The third-order valence-corrected chi connectivity index (χ3v) is 3.79. The Balaban J connectivity index is 2.89. The van der Waals surface area contributed by atoms with Crippen LogP contribution >= 0.6 is 0 Å². The van der Waals surface area contributed by atoms with E-state index < -0.39 is 0 Å². The van der Waals surface area contributed by atoms with Gasteiger partial charge in [-0.05, 0) is 65.3 Å². The molecule has 0 radical (unpaired) electrons. The summed E-state index contributed by atoms with van der Waals surface area (Å²) < 4.78 is 5.90. The molecule has 1 rings (SSSR count). The Hall–Kier alpha value is -2.78. The fraction of sp³-hybridized carbons (Fsp3) is 0.524.